The average Bonchev–Trinajstić information content (AvgIpc) is 2.31. The molecule has 0 amide bonds. The standard InChI is InChI=1S/C13H9Cl4N/c1-6-2-3-7(18)4-8(6)11-9(14)5-10(15)12(16)13(11)17/h2-5H,18H2,1H3. The zero-order chi connectivity index (χ0) is 13.4. The molecule has 0 unspecified atom stereocenters. The summed E-state index contributed by atoms with van der Waals surface area (Å²) >= 11 is 24.4. The van der Waals surface area contributed by atoms with Crippen LogP contribution in [-0.4, -0.2) is 0 Å². The van der Waals surface area contributed by atoms with E-state index in [2.05, 4.69) is 0 Å². The Morgan fingerprint density at radius 1 is 0.889 bits per heavy atom. The molecule has 2 aromatic carbocycles. The fourth-order valence-electron chi connectivity index (χ4n) is 1.72. The molecule has 0 atom stereocenters. The van der Waals surface area contributed by atoms with Gasteiger partial charge in [0.25, 0.3) is 0 Å². The largest absolute Gasteiger partial charge is 0.399 e. The molecule has 0 fully saturated rings. The zero-order valence-corrected chi connectivity index (χ0v) is 12.4. The van der Waals surface area contributed by atoms with E-state index in [0.717, 1.165) is 11.1 Å². The summed E-state index contributed by atoms with van der Waals surface area (Å²) < 4.78 is 0. The number of halogens is 4. The molecule has 0 heterocycles. The Hall–Kier alpha value is -0.600. The highest BCUT2D eigenvalue weighted by Crippen LogP contribution is 2.44. The Kier molecular flexibility index (Phi) is 3.98. The first kappa shape index (κ1) is 13.8. The van der Waals surface area contributed by atoms with Gasteiger partial charge in [0.1, 0.15) is 0 Å². The summed E-state index contributed by atoms with van der Waals surface area (Å²) in [6.07, 6.45) is 0. The highest BCUT2D eigenvalue weighted by Gasteiger charge is 2.16. The number of nitrogens with two attached hydrogens (primary N) is 1. The van der Waals surface area contributed by atoms with E-state index in [-0.39, 0.29) is 0 Å². The summed E-state index contributed by atoms with van der Waals surface area (Å²) in [5.41, 5.74) is 8.93. The second-order valence-corrected chi connectivity index (χ2v) is 5.49. The lowest BCUT2D eigenvalue weighted by Crippen LogP contribution is -1.91. The van der Waals surface area contributed by atoms with Gasteiger partial charge in [-0.3, -0.25) is 0 Å². The van der Waals surface area contributed by atoms with E-state index in [4.69, 9.17) is 52.1 Å². The highest BCUT2D eigenvalue weighted by atomic mass is 35.5. The first-order valence-electron chi connectivity index (χ1n) is 5.11. The molecule has 0 aliphatic carbocycles. The van der Waals surface area contributed by atoms with Crippen LogP contribution in [0.15, 0.2) is 24.3 Å². The first-order chi connectivity index (χ1) is 8.41. The van der Waals surface area contributed by atoms with Crippen LogP contribution in [0, 0.1) is 6.92 Å². The van der Waals surface area contributed by atoms with Gasteiger partial charge in [0.2, 0.25) is 0 Å². The van der Waals surface area contributed by atoms with Gasteiger partial charge >= 0.3 is 0 Å². The Morgan fingerprint density at radius 3 is 2.22 bits per heavy atom. The monoisotopic (exact) mass is 319 g/mol. The van der Waals surface area contributed by atoms with Gasteiger partial charge in [-0.15, -0.1) is 0 Å². The molecular formula is C13H9Cl4N. The molecule has 0 spiro atoms. The maximum atomic E-state index is 6.22. The van der Waals surface area contributed by atoms with Gasteiger partial charge < -0.3 is 5.73 Å². The van der Waals surface area contributed by atoms with Crippen molar-refractivity contribution < 1.29 is 0 Å². The van der Waals surface area contributed by atoms with E-state index in [1.165, 1.54) is 0 Å². The third kappa shape index (κ3) is 2.41. The molecule has 0 saturated carbocycles. The Morgan fingerprint density at radius 2 is 1.56 bits per heavy atom. The Labute approximate surface area is 125 Å². The van der Waals surface area contributed by atoms with Crippen LogP contribution in [0.25, 0.3) is 11.1 Å². The minimum absolute atomic E-state index is 0.291. The molecular weight excluding hydrogens is 312 g/mol. The number of hydrogen-bond acceptors (Lipinski definition) is 1. The zero-order valence-electron chi connectivity index (χ0n) is 9.40. The molecule has 0 saturated heterocycles. The third-order valence-electron chi connectivity index (χ3n) is 2.65. The fraction of sp³-hybridized carbons (Fsp3) is 0.0769. The van der Waals surface area contributed by atoms with Crippen LogP contribution < -0.4 is 5.73 Å². The maximum Gasteiger partial charge on any atom is 0.0785 e. The summed E-state index contributed by atoms with van der Waals surface area (Å²) in [5, 5.41) is 1.41. The predicted octanol–water partition coefficient (Wildman–Crippen LogP) is 5.86. The van der Waals surface area contributed by atoms with Crippen molar-refractivity contribution in [2.24, 2.45) is 0 Å². The third-order valence-corrected chi connectivity index (χ3v) is 4.21. The maximum absolute atomic E-state index is 6.22. The second-order valence-electron chi connectivity index (χ2n) is 3.92. The van der Waals surface area contributed by atoms with Crippen LogP contribution in [0.4, 0.5) is 5.69 Å². The minimum Gasteiger partial charge on any atom is -0.399 e. The van der Waals surface area contributed by atoms with Gasteiger partial charge in [-0.1, -0.05) is 52.5 Å². The van der Waals surface area contributed by atoms with Gasteiger partial charge in [-0.25, -0.2) is 0 Å². The van der Waals surface area contributed by atoms with Crippen molar-refractivity contribution in [1.82, 2.24) is 0 Å². The van der Waals surface area contributed by atoms with E-state index in [1.807, 2.05) is 25.1 Å². The van der Waals surface area contributed by atoms with E-state index in [0.29, 0.717) is 31.3 Å². The molecule has 2 aromatic rings. The molecule has 2 rings (SSSR count). The first-order valence-corrected chi connectivity index (χ1v) is 6.62. The van der Waals surface area contributed by atoms with Crippen LogP contribution in [-0.2, 0) is 0 Å². The van der Waals surface area contributed by atoms with Crippen molar-refractivity contribution in [3.8, 4) is 11.1 Å². The molecule has 2 N–H and O–H groups in total. The van der Waals surface area contributed by atoms with E-state index in [1.54, 1.807) is 6.07 Å². The molecule has 0 bridgehead atoms. The lowest BCUT2D eigenvalue weighted by Gasteiger charge is -2.13. The van der Waals surface area contributed by atoms with Gasteiger partial charge in [-0.2, -0.15) is 0 Å². The van der Waals surface area contributed by atoms with Crippen LogP contribution in [0.5, 0.6) is 0 Å². The number of anilines is 1. The molecule has 5 heteroatoms. The van der Waals surface area contributed by atoms with Crippen molar-refractivity contribution in [2.75, 3.05) is 5.73 Å². The number of rotatable bonds is 1. The van der Waals surface area contributed by atoms with Crippen LogP contribution >= 0.6 is 46.4 Å². The van der Waals surface area contributed by atoms with Crippen molar-refractivity contribution in [1.29, 1.82) is 0 Å². The summed E-state index contributed by atoms with van der Waals surface area (Å²) in [6, 6.07) is 7.11. The van der Waals surface area contributed by atoms with E-state index < -0.39 is 0 Å². The van der Waals surface area contributed by atoms with Gasteiger partial charge in [0.05, 0.1) is 20.1 Å². The van der Waals surface area contributed by atoms with Gasteiger partial charge in [0, 0.05) is 11.3 Å². The van der Waals surface area contributed by atoms with Crippen molar-refractivity contribution in [3.05, 3.63) is 49.9 Å². The SMILES string of the molecule is Cc1ccc(N)cc1-c1c(Cl)cc(Cl)c(Cl)c1Cl. The number of nitrogen functional groups attached to an aromatic ring is 1. The smallest absolute Gasteiger partial charge is 0.0785 e. The van der Waals surface area contributed by atoms with Crippen molar-refractivity contribution >= 4 is 52.1 Å². The van der Waals surface area contributed by atoms with Crippen molar-refractivity contribution in [3.63, 3.8) is 0 Å². The molecule has 18 heavy (non-hydrogen) atoms. The lowest BCUT2D eigenvalue weighted by atomic mass is 10.00. The molecule has 0 radical (unpaired) electrons. The number of aryl methyl sites for hydroxylation is 1. The molecule has 0 aliphatic rings. The van der Waals surface area contributed by atoms with Crippen LogP contribution in [0.1, 0.15) is 5.56 Å². The Bertz CT molecular complexity index is 623. The lowest BCUT2D eigenvalue weighted by molar-refractivity contribution is 1.46. The van der Waals surface area contributed by atoms with Gasteiger partial charge in [0.15, 0.2) is 0 Å². The summed E-state index contributed by atoms with van der Waals surface area (Å²) in [6.45, 7) is 1.95. The average molecular weight is 321 g/mol. The normalized spacial score (nSPS) is 10.7. The molecule has 94 valence electrons. The van der Waals surface area contributed by atoms with E-state index >= 15 is 0 Å². The number of hydrogen-bond donors (Lipinski definition) is 1. The summed E-state index contributed by atoms with van der Waals surface area (Å²) in [7, 11) is 0. The fourth-order valence-corrected chi connectivity index (χ4v) is 2.84. The quantitative estimate of drug-likeness (QED) is 0.397. The predicted molar refractivity (Wildman–Crippen MR) is 81.1 cm³/mol. The van der Waals surface area contributed by atoms with Crippen LogP contribution in [0.2, 0.25) is 20.1 Å². The number of benzene rings is 2. The summed E-state index contributed by atoms with van der Waals surface area (Å²) in [4.78, 5) is 0. The molecule has 0 aromatic heterocycles. The van der Waals surface area contributed by atoms with E-state index in [9.17, 15) is 0 Å². The summed E-state index contributed by atoms with van der Waals surface area (Å²) in [5.74, 6) is 0. The Balaban J connectivity index is 2.79. The molecule has 1 nitrogen and oxygen atoms in total. The highest BCUT2D eigenvalue weighted by molar-refractivity contribution is 6.51. The topological polar surface area (TPSA) is 26.0 Å². The van der Waals surface area contributed by atoms with Crippen LogP contribution in [0.3, 0.4) is 0 Å². The molecule has 0 aliphatic heterocycles. The van der Waals surface area contributed by atoms with Gasteiger partial charge in [-0.05, 0) is 36.2 Å². The second kappa shape index (κ2) is 5.18. The van der Waals surface area contributed by atoms with Crippen molar-refractivity contribution in [2.45, 2.75) is 6.92 Å². The minimum atomic E-state index is 0.291.